The maximum absolute atomic E-state index is 9.75. The molecule has 4 rings (SSSR count). The van der Waals surface area contributed by atoms with Gasteiger partial charge in [-0.15, -0.1) is 0 Å². The average molecular weight is 496 g/mol. The Bertz CT molecular complexity index is 852. The van der Waals surface area contributed by atoms with Gasteiger partial charge in [-0.2, -0.15) is 11.3 Å². The van der Waals surface area contributed by atoms with Crippen molar-refractivity contribution in [2.75, 3.05) is 32.7 Å². The van der Waals surface area contributed by atoms with Gasteiger partial charge in [0, 0.05) is 42.1 Å². The number of piperidine rings is 1. The molecule has 0 spiro atoms. The van der Waals surface area contributed by atoms with Gasteiger partial charge in [0.05, 0.1) is 6.10 Å². The van der Waals surface area contributed by atoms with E-state index in [0.717, 1.165) is 42.6 Å². The predicted octanol–water partition coefficient (Wildman–Crippen LogP) is 6.39. The summed E-state index contributed by atoms with van der Waals surface area (Å²) >= 11 is 14.4. The molecule has 32 heavy (non-hydrogen) atoms. The van der Waals surface area contributed by atoms with Gasteiger partial charge in [0.25, 0.3) is 0 Å². The zero-order valence-electron chi connectivity index (χ0n) is 19.2. The van der Waals surface area contributed by atoms with Gasteiger partial charge in [0.2, 0.25) is 0 Å². The molecular weight excluding hydrogens is 459 g/mol. The molecule has 4 atom stereocenters. The third-order valence-electron chi connectivity index (χ3n) is 7.54. The van der Waals surface area contributed by atoms with Gasteiger partial charge in [-0.3, -0.25) is 4.90 Å². The van der Waals surface area contributed by atoms with Crippen molar-refractivity contribution in [3.63, 3.8) is 0 Å². The number of rotatable bonds is 8. The number of thiophene rings is 1. The van der Waals surface area contributed by atoms with Gasteiger partial charge >= 0.3 is 0 Å². The van der Waals surface area contributed by atoms with Crippen molar-refractivity contribution in [3.8, 4) is 0 Å². The first-order chi connectivity index (χ1) is 15.4. The van der Waals surface area contributed by atoms with Crippen LogP contribution < -0.4 is 0 Å². The lowest BCUT2D eigenvalue weighted by molar-refractivity contribution is 0.100. The molecule has 3 heterocycles. The van der Waals surface area contributed by atoms with Gasteiger partial charge < -0.3 is 10.0 Å². The number of benzene rings is 1. The van der Waals surface area contributed by atoms with Crippen LogP contribution in [0.2, 0.25) is 10.0 Å². The molecule has 0 saturated carbocycles. The average Bonchev–Trinajstić information content (AvgIpc) is 3.40. The van der Waals surface area contributed by atoms with E-state index in [9.17, 15) is 5.11 Å². The number of aliphatic hydroxyl groups excluding tert-OH is 1. The second kappa shape index (κ2) is 11.2. The normalized spacial score (nSPS) is 25.3. The van der Waals surface area contributed by atoms with Crippen LogP contribution >= 0.6 is 34.5 Å². The van der Waals surface area contributed by atoms with Crippen LogP contribution in [0.25, 0.3) is 0 Å². The summed E-state index contributed by atoms with van der Waals surface area (Å²) in [6, 6.07) is 8.17. The molecule has 1 aromatic heterocycles. The Hall–Kier alpha value is -0.620. The highest BCUT2D eigenvalue weighted by Crippen LogP contribution is 2.37. The molecule has 1 N–H and O–H groups in total. The molecule has 3 nitrogen and oxygen atoms in total. The molecule has 2 saturated heterocycles. The summed E-state index contributed by atoms with van der Waals surface area (Å²) in [5, 5.41) is 15.7. The van der Waals surface area contributed by atoms with E-state index in [1.54, 1.807) is 11.3 Å². The molecule has 1 aromatic carbocycles. The maximum atomic E-state index is 9.75. The van der Waals surface area contributed by atoms with Crippen molar-refractivity contribution < 1.29 is 5.11 Å². The third kappa shape index (κ3) is 6.28. The van der Waals surface area contributed by atoms with Crippen molar-refractivity contribution in [1.29, 1.82) is 0 Å². The number of aliphatic hydroxyl groups is 1. The number of nitrogens with zero attached hydrogens (tertiary/aromatic N) is 2. The number of hydrogen-bond acceptors (Lipinski definition) is 4. The van der Waals surface area contributed by atoms with E-state index >= 15 is 0 Å². The van der Waals surface area contributed by atoms with E-state index in [-0.39, 0.29) is 6.10 Å². The zero-order valence-corrected chi connectivity index (χ0v) is 21.5. The Balaban J connectivity index is 1.37. The summed E-state index contributed by atoms with van der Waals surface area (Å²) in [5.74, 6) is 2.59. The quantitative estimate of drug-likeness (QED) is 0.460. The Morgan fingerprint density at radius 2 is 1.88 bits per heavy atom. The molecule has 2 aliphatic heterocycles. The summed E-state index contributed by atoms with van der Waals surface area (Å²) in [6.45, 7) is 10.8. The fourth-order valence-electron chi connectivity index (χ4n) is 5.80. The maximum Gasteiger partial charge on any atom is 0.0514 e. The smallest absolute Gasteiger partial charge is 0.0514 e. The molecule has 2 fully saturated rings. The Kier molecular flexibility index (Phi) is 8.58. The van der Waals surface area contributed by atoms with Crippen LogP contribution in [-0.4, -0.2) is 53.7 Å². The largest absolute Gasteiger partial charge is 0.393 e. The predicted molar refractivity (Wildman–Crippen MR) is 137 cm³/mol. The summed E-state index contributed by atoms with van der Waals surface area (Å²) in [5.41, 5.74) is 2.65. The SMILES string of the molecule is CC(O)CC(C)C1CCN(C[C@H]2CN(Cc3ccc(Cl)cc3Cl)C[C@@H]2c2ccsc2)CC1. The Labute approximate surface area is 207 Å². The van der Waals surface area contributed by atoms with Gasteiger partial charge in [-0.1, -0.05) is 36.2 Å². The van der Waals surface area contributed by atoms with E-state index in [4.69, 9.17) is 23.2 Å². The summed E-state index contributed by atoms with van der Waals surface area (Å²) in [4.78, 5) is 5.26. The second-order valence-corrected chi connectivity index (χ2v) is 11.7. The molecule has 176 valence electrons. The van der Waals surface area contributed by atoms with Crippen molar-refractivity contribution in [1.82, 2.24) is 9.80 Å². The lowest BCUT2D eigenvalue weighted by Gasteiger charge is -2.37. The highest BCUT2D eigenvalue weighted by atomic mass is 35.5. The highest BCUT2D eigenvalue weighted by molar-refractivity contribution is 7.08. The number of halogens is 2. The van der Waals surface area contributed by atoms with Crippen molar-refractivity contribution in [2.45, 2.75) is 51.7 Å². The van der Waals surface area contributed by atoms with Crippen LogP contribution in [0.4, 0.5) is 0 Å². The third-order valence-corrected chi connectivity index (χ3v) is 8.83. The van der Waals surface area contributed by atoms with Crippen molar-refractivity contribution in [3.05, 3.63) is 56.2 Å². The van der Waals surface area contributed by atoms with Crippen LogP contribution in [0.15, 0.2) is 35.0 Å². The Morgan fingerprint density at radius 3 is 2.53 bits per heavy atom. The first-order valence-corrected chi connectivity index (χ1v) is 13.7. The number of likely N-dealkylation sites (tertiary alicyclic amines) is 2. The van der Waals surface area contributed by atoms with Gasteiger partial charge in [-0.05, 0) is 97.1 Å². The highest BCUT2D eigenvalue weighted by Gasteiger charge is 2.36. The fourth-order valence-corrected chi connectivity index (χ4v) is 6.99. The van der Waals surface area contributed by atoms with E-state index in [2.05, 4.69) is 39.6 Å². The van der Waals surface area contributed by atoms with E-state index < -0.39 is 0 Å². The van der Waals surface area contributed by atoms with Crippen molar-refractivity contribution in [2.24, 2.45) is 17.8 Å². The molecule has 0 amide bonds. The standard InChI is InChI=1S/C26H36Cl2N2OS/c1-18(11-19(2)31)20-5-8-29(9-6-20)14-23-15-30(16-25(23)22-7-10-32-17-22)13-21-3-4-24(27)12-26(21)28/h3-4,7,10,12,17-20,23,25,31H,5-6,8-9,11,13-16H2,1-2H3/t18?,19?,23-,25+/m0/s1. The number of hydrogen-bond donors (Lipinski definition) is 1. The summed E-state index contributed by atoms with van der Waals surface area (Å²) < 4.78 is 0. The Morgan fingerprint density at radius 1 is 1.09 bits per heavy atom. The molecule has 2 aliphatic rings. The second-order valence-electron chi connectivity index (χ2n) is 10.1. The van der Waals surface area contributed by atoms with E-state index in [1.165, 1.54) is 38.0 Å². The first kappa shape index (κ1) is 24.5. The molecule has 0 aliphatic carbocycles. The lowest BCUT2D eigenvalue weighted by Crippen LogP contribution is -2.40. The van der Waals surface area contributed by atoms with Crippen molar-refractivity contribution >= 4 is 34.5 Å². The molecule has 0 bridgehead atoms. The molecule has 6 heteroatoms. The minimum Gasteiger partial charge on any atom is -0.393 e. The minimum atomic E-state index is -0.187. The first-order valence-electron chi connectivity index (χ1n) is 12.0. The fraction of sp³-hybridized carbons (Fsp3) is 0.615. The van der Waals surface area contributed by atoms with Crippen LogP contribution in [0.3, 0.4) is 0 Å². The summed E-state index contributed by atoms with van der Waals surface area (Å²) in [6.07, 6.45) is 3.25. The monoisotopic (exact) mass is 494 g/mol. The summed E-state index contributed by atoms with van der Waals surface area (Å²) in [7, 11) is 0. The van der Waals surface area contributed by atoms with Gasteiger partial charge in [0.15, 0.2) is 0 Å². The minimum absolute atomic E-state index is 0.187. The van der Waals surface area contributed by atoms with Crippen LogP contribution in [0, 0.1) is 17.8 Å². The molecule has 2 aromatic rings. The van der Waals surface area contributed by atoms with Gasteiger partial charge in [-0.25, -0.2) is 0 Å². The van der Waals surface area contributed by atoms with Gasteiger partial charge in [0.1, 0.15) is 0 Å². The topological polar surface area (TPSA) is 26.7 Å². The van der Waals surface area contributed by atoms with E-state index in [1.807, 2.05) is 19.1 Å². The zero-order chi connectivity index (χ0) is 22.7. The molecule has 2 unspecified atom stereocenters. The lowest BCUT2D eigenvalue weighted by atomic mass is 9.82. The molecule has 0 radical (unpaired) electrons. The molecular formula is C26H36Cl2N2OS. The van der Waals surface area contributed by atoms with E-state index in [0.29, 0.717) is 22.8 Å². The van der Waals surface area contributed by atoms with Crippen LogP contribution in [0.5, 0.6) is 0 Å². The van der Waals surface area contributed by atoms with Crippen LogP contribution in [0.1, 0.15) is 50.2 Å². The van der Waals surface area contributed by atoms with Crippen LogP contribution in [-0.2, 0) is 6.54 Å².